The van der Waals surface area contributed by atoms with Gasteiger partial charge in [0.2, 0.25) is 0 Å². The van der Waals surface area contributed by atoms with Crippen molar-refractivity contribution in [3.8, 4) is 0 Å². The van der Waals surface area contributed by atoms with Crippen LogP contribution in [0.3, 0.4) is 0 Å². The summed E-state index contributed by atoms with van der Waals surface area (Å²) in [6.45, 7) is 2.76. The van der Waals surface area contributed by atoms with Crippen molar-refractivity contribution < 1.29 is 28.8 Å². The van der Waals surface area contributed by atoms with Gasteiger partial charge in [0.15, 0.2) is 12.6 Å². The molecule has 0 spiro atoms. The van der Waals surface area contributed by atoms with Crippen LogP contribution in [0.15, 0.2) is 48.5 Å². The second kappa shape index (κ2) is 9.34. The van der Waals surface area contributed by atoms with E-state index in [0.29, 0.717) is 30.8 Å². The molecule has 7 nitrogen and oxygen atoms in total. The van der Waals surface area contributed by atoms with Crippen molar-refractivity contribution in [2.75, 3.05) is 25.6 Å². The molecule has 1 amide bonds. The predicted molar refractivity (Wildman–Crippen MR) is 107 cm³/mol. The highest BCUT2D eigenvalue weighted by atomic mass is 16.5. The van der Waals surface area contributed by atoms with Gasteiger partial charge in [-0.25, -0.2) is 9.59 Å². The van der Waals surface area contributed by atoms with E-state index < -0.39 is 12.0 Å². The largest absolute Gasteiger partial charge is 0.465 e. The fraction of sp³-hybridized carbons (Fsp3) is 0.318. The molecule has 2 N–H and O–H groups in total. The van der Waals surface area contributed by atoms with E-state index in [2.05, 4.69) is 5.32 Å². The molecule has 2 atom stereocenters. The normalized spacial score (nSPS) is 17.7. The smallest absolute Gasteiger partial charge is 0.365 e. The van der Waals surface area contributed by atoms with Crippen molar-refractivity contribution in [1.29, 1.82) is 0 Å². The number of carbonyl (C=O) groups is 3. The molecule has 7 heteroatoms. The summed E-state index contributed by atoms with van der Waals surface area (Å²) >= 11 is 0. The maximum atomic E-state index is 12.6. The van der Waals surface area contributed by atoms with Gasteiger partial charge in [0.05, 0.1) is 19.3 Å². The SMILES string of the molecule is CCOC(=O)c1ccc(NC(=O)C[NH+]2Cc3ccccc3C[C@H]2C(=O)OC)cc1. The number of methoxy groups -OCH3 is 1. The van der Waals surface area contributed by atoms with Crippen LogP contribution in [-0.4, -0.2) is 44.1 Å². The number of ether oxygens (including phenoxy) is 2. The average molecular weight is 397 g/mol. The van der Waals surface area contributed by atoms with Crippen LogP contribution >= 0.6 is 0 Å². The van der Waals surface area contributed by atoms with Gasteiger partial charge < -0.3 is 19.7 Å². The molecular formula is C22H25N2O5+. The summed E-state index contributed by atoms with van der Waals surface area (Å²) in [7, 11) is 1.37. The van der Waals surface area contributed by atoms with Crippen molar-refractivity contribution in [3.63, 3.8) is 0 Å². The minimum absolute atomic E-state index is 0.133. The molecular weight excluding hydrogens is 372 g/mol. The minimum Gasteiger partial charge on any atom is -0.465 e. The molecule has 0 bridgehead atoms. The molecule has 0 radical (unpaired) electrons. The molecule has 0 saturated carbocycles. The number of hydrogen-bond donors (Lipinski definition) is 2. The summed E-state index contributed by atoms with van der Waals surface area (Å²) in [4.78, 5) is 37.4. The van der Waals surface area contributed by atoms with Gasteiger partial charge in [-0.2, -0.15) is 0 Å². The maximum Gasteiger partial charge on any atom is 0.365 e. The van der Waals surface area contributed by atoms with Gasteiger partial charge in [0.25, 0.3) is 5.91 Å². The van der Waals surface area contributed by atoms with Gasteiger partial charge in [0.1, 0.15) is 6.54 Å². The topological polar surface area (TPSA) is 86.1 Å². The van der Waals surface area contributed by atoms with E-state index in [0.717, 1.165) is 16.0 Å². The zero-order chi connectivity index (χ0) is 20.8. The molecule has 2 aromatic carbocycles. The van der Waals surface area contributed by atoms with Gasteiger partial charge in [-0.1, -0.05) is 24.3 Å². The third-order valence-electron chi connectivity index (χ3n) is 5.01. The summed E-state index contributed by atoms with van der Waals surface area (Å²) in [6, 6.07) is 14.0. The summed E-state index contributed by atoms with van der Waals surface area (Å²) in [5.74, 6) is -0.930. The van der Waals surface area contributed by atoms with E-state index in [1.54, 1.807) is 31.2 Å². The zero-order valence-corrected chi connectivity index (χ0v) is 16.6. The fourth-order valence-corrected chi connectivity index (χ4v) is 3.55. The van der Waals surface area contributed by atoms with Crippen LogP contribution in [0.25, 0.3) is 0 Å². The summed E-state index contributed by atoms with van der Waals surface area (Å²) < 4.78 is 9.90. The lowest BCUT2D eigenvalue weighted by molar-refractivity contribution is -0.924. The highest BCUT2D eigenvalue weighted by Crippen LogP contribution is 2.15. The number of hydrogen-bond acceptors (Lipinski definition) is 5. The molecule has 1 aliphatic heterocycles. The van der Waals surface area contributed by atoms with Crippen LogP contribution in [0.4, 0.5) is 5.69 Å². The third-order valence-corrected chi connectivity index (χ3v) is 5.01. The summed E-state index contributed by atoms with van der Waals surface area (Å²) in [5.41, 5.74) is 3.25. The molecule has 152 valence electrons. The van der Waals surface area contributed by atoms with Crippen LogP contribution < -0.4 is 10.2 Å². The average Bonchev–Trinajstić information content (AvgIpc) is 2.73. The van der Waals surface area contributed by atoms with Crippen LogP contribution in [0.2, 0.25) is 0 Å². The van der Waals surface area contributed by atoms with Crippen LogP contribution in [0, 0.1) is 0 Å². The summed E-state index contributed by atoms with van der Waals surface area (Å²) in [6.07, 6.45) is 0.541. The molecule has 0 aliphatic carbocycles. The quantitative estimate of drug-likeness (QED) is 0.710. The summed E-state index contributed by atoms with van der Waals surface area (Å²) in [5, 5.41) is 2.82. The Kier molecular flexibility index (Phi) is 6.61. The second-order valence-electron chi connectivity index (χ2n) is 6.91. The van der Waals surface area contributed by atoms with E-state index in [9.17, 15) is 14.4 Å². The Morgan fingerprint density at radius 3 is 2.41 bits per heavy atom. The number of anilines is 1. The predicted octanol–water partition coefficient (Wildman–Crippen LogP) is 0.985. The van der Waals surface area contributed by atoms with E-state index in [4.69, 9.17) is 9.47 Å². The molecule has 0 aromatic heterocycles. The van der Waals surface area contributed by atoms with Gasteiger partial charge in [-0.15, -0.1) is 0 Å². The molecule has 1 heterocycles. The fourth-order valence-electron chi connectivity index (χ4n) is 3.55. The van der Waals surface area contributed by atoms with Crippen molar-refractivity contribution in [2.45, 2.75) is 25.9 Å². The first-order valence-corrected chi connectivity index (χ1v) is 9.58. The molecule has 29 heavy (non-hydrogen) atoms. The number of carbonyl (C=O) groups excluding carboxylic acids is 3. The Morgan fingerprint density at radius 2 is 1.76 bits per heavy atom. The van der Waals surface area contributed by atoms with Gasteiger partial charge in [0, 0.05) is 17.7 Å². The van der Waals surface area contributed by atoms with Gasteiger partial charge in [-0.05, 0) is 36.8 Å². The second-order valence-corrected chi connectivity index (χ2v) is 6.91. The lowest BCUT2D eigenvalue weighted by atomic mass is 9.94. The lowest BCUT2D eigenvalue weighted by Crippen LogP contribution is -3.17. The number of quaternary nitrogens is 1. The van der Waals surface area contributed by atoms with E-state index in [-0.39, 0.29) is 18.4 Å². The van der Waals surface area contributed by atoms with E-state index in [1.807, 2.05) is 24.3 Å². The van der Waals surface area contributed by atoms with Crippen molar-refractivity contribution >= 4 is 23.5 Å². The number of benzene rings is 2. The highest BCUT2D eigenvalue weighted by molar-refractivity contribution is 5.93. The Hall–Kier alpha value is -3.19. The first-order chi connectivity index (χ1) is 14.0. The lowest BCUT2D eigenvalue weighted by Gasteiger charge is -2.31. The van der Waals surface area contributed by atoms with Crippen molar-refractivity contribution in [3.05, 3.63) is 65.2 Å². The minimum atomic E-state index is -0.424. The van der Waals surface area contributed by atoms with Crippen LogP contribution in [0.5, 0.6) is 0 Å². The molecule has 0 fully saturated rings. The van der Waals surface area contributed by atoms with Gasteiger partial charge in [-0.3, -0.25) is 4.79 Å². The van der Waals surface area contributed by atoms with Crippen LogP contribution in [0.1, 0.15) is 28.4 Å². The number of rotatable bonds is 6. The molecule has 1 unspecified atom stereocenters. The molecule has 0 saturated heterocycles. The van der Waals surface area contributed by atoms with Crippen molar-refractivity contribution in [2.24, 2.45) is 0 Å². The number of fused-ring (bicyclic) bond motifs is 1. The standard InChI is InChI=1S/C22H24N2O5/c1-3-29-21(26)15-8-10-18(11-9-15)23-20(25)14-24-13-17-7-5-4-6-16(17)12-19(24)22(27)28-2/h4-11,19H,3,12-14H2,1-2H3,(H,23,25)/p+1/t19-/m0/s1. The monoisotopic (exact) mass is 397 g/mol. The van der Waals surface area contributed by atoms with E-state index >= 15 is 0 Å². The molecule has 1 aliphatic rings. The molecule has 2 aromatic rings. The Bertz CT molecular complexity index is 894. The number of amides is 1. The molecule has 3 rings (SSSR count). The van der Waals surface area contributed by atoms with Crippen LogP contribution in [-0.2, 0) is 32.0 Å². The van der Waals surface area contributed by atoms with Crippen molar-refractivity contribution in [1.82, 2.24) is 0 Å². The van der Waals surface area contributed by atoms with E-state index in [1.165, 1.54) is 7.11 Å². The first kappa shape index (κ1) is 20.5. The Morgan fingerprint density at radius 1 is 1.07 bits per heavy atom. The zero-order valence-electron chi connectivity index (χ0n) is 16.6. The third kappa shape index (κ3) is 5.00. The van der Waals surface area contributed by atoms with Gasteiger partial charge >= 0.3 is 11.9 Å². The Balaban J connectivity index is 1.67. The Labute approximate surface area is 169 Å². The maximum absolute atomic E-state index is 12.6. The number of nitrogens with one attached hydrogen (secondary N) is 2. The highest BCUT2D eigenvalue weighted by Gasteiger charge is 2.37. The number of esters is 2. The first-order valence-electron chi connectivity index (χ1n) is 9.58.